The fourth-order valence-corrected chi connectivity index (χ4v) is 3.57. The molecular formula is C13H21N3S. The van der Waals surface area contributed by atoms with Crippen molar-refractivity contribution < 1.29 is 0 Å². The van der Waals surface area contributed by atoms with E-state index >= 15 is 0 Å². The van der Waals surface area contributed by atoms with Crippen LogP contribution < -0.4 is 5.32 Å². The molecule has 1 aromatic rings. The Hall–Kier alpha value is -0.450. The highest BCUT2D eigenvalue weighted by atomic mass is 32.1. The van der Waals surface area contributed by atoms with Gasteiger partial charge in [0, 0.05) is 36.2 Å². The molecule has 0 bridgehead atoms. The van der Waals surface area contributed by atoms with Crippen LogP contribution >= 0.6 is 11.3 Å². The molecule has 1 aliphatic heterocycles. The Morgan fingerprint density at radius 3 is 3.06 bits per heavy atom. The summed E-state index contributed by atoms with van der Waals surface area (Å²) in [4.78, 5) is 7.09. The second-order valence-electron chi connectivity index (χ2n) is 5.72. The van der Waals surface area contributed by atoms with Crippen LogP contribution in [0.15, 0.2) is 11.6 Å². The molecule has 2 unspecified atom stereocenters. The minimum atomic E-state index is 0.345. The van der Waals surface area contributed by atoms with Gasteiger partial charge in [-0.25, -0.2) is 4.98 Å². The van der Waals surface area contributed by atoms with Crippen molar-refractivity contribution in [2.24, 2.45) is 5.92 Å². The molecule has 3 nitrogen and oxygen atoms in total. The van der Waals surface area contributed by atoms with Gasteiger partial charge in [-0.05, 0) is 32.6 Å². The molecule has 0 amide bonds. The van der Waals surface area contributed by atoms with E-state index in [2.05, 4.69) is 34.4 Å². The number of hydrogen-bond donors (Lipinski definition) is 1. The first kappa shape index (κ1) is 11.6. The van der Waals surface area contributed by atoms with Gasteiger partial charge in [-0.15, -0.1) is 11.3 Å². The molecule has 2 atom stereocenters. The van der Waals surface area contributed by atoms with Crippen molar-refractivity contribution in [3.63, 3.8) is 0 Å². The molecule has 1 aromatic heterocycles. The highest BCUT2D eigenvalue weighted by Crippen LogP contribution is 2.44. The molecule has 17 heavy (non-hydrogen) atoms. The maximum Gasteiger partial charge on any atom is 0.107 e. The molecular weight excluding hydrogens is 230 g/mol. The van der Waals surface area contributed by atoms with Gasteiger partial charge in [-0.1, -0.05) is 0 Å². The molecule has 0 spiro atoms. The number of nitrogens with one attached hydrogen (secondary N) is 1. The van der Waals surface area contributed by atoms with E-state index in [9.17, 15) is 0 Å². The van der Waals surface area contributed by atoms with Crippen LogP contribution in [0.25, 0.3) is 0 Å². The number of rotatable bonds is 3. The molecule has 2 aliphatic rings. The fourth-order valence-electron chi connectivity index (χ4n) is 2.94. The average molecular weight is 251 g/mol. The van der Waals surface area contributed by atoms with Crippen molar-refractivity contribution >= 4 is 11.3 Å². The van der Waals surface area contributed by atoms with E-state index < -0.39 is 0 Å². The van der Waals surface area contributed by atoms with Crippen molar-refractivity contribution in [1.82, 2.24) is 15.2 Å². The molecule has 1 aliphatic carbocycles. The van der Waals surface area contributed by atoms with Crippen molar-refractivity contribution in [2.75, 3.05) is 13.1 Å². The van der Waals surface area contributed by atoms with Gasteiger partial charge < -0.3 is 5.32 Å². The lowest BCUT2D eigenvalue weighted by atomic mass is 9.90. The normalized spacial score (nSPS) is 35.1. The summed E-state index contributed by atoms with van der Waals surface area (Å²) < 4.78 is 0. The lowest BCUT2D eigenvalue weighted by molar-refractivity contribution is 0.0311. The number of nitrogens with zero attached hydrogens (tertiary/aromatic N) is 2. The highest BCUT2D eigenvalue weighted by Gasteiger charge is 2.47. The molecule has 3 rings (SSSR count). The number of aromatic nitrogens is 1. The third kappa shape index (κ3) is 2.26. The number of hydrogen-bond acceptors (Lipinski definition) is 4. The van der Waals surface area contributed by atoms with E-state index in [1.807, 2.05) is 6.20 Å². The first-order valence-corrected chi connectivity index (χ1v) is 7.43. The van der Waals surface area contributed by atoms with E-state index in [1.165, 1.54) is 17.8 Å². The molecule has 2 heterocycles. The van der Waals surface area contributed by atoms with Gasteiger partial charge in [0.05, 0.1) is 6.54 Å². The summed E-state index contributed by atoms with van der Waals surface area (Å²) >= 11 is 1.78. The van der Waals surface area contributed by atoms with Gasteiger partial charge in [-0.3, -0.25) is 4.90 Å². The maximum atomic E-state index is 4.44. The van der Waals surface area contributed by atoms with Crippen LogP contribution in [0.1, 0.15) is 31.7 Å². The van der Waals surface area contributed by atoms with Gasteiger partial charge in [0.2, 0.25) is 0 Å². The van der Waals surface area contributed by atoms with Gasteiger partial charge >= 0.3 is 0 Å². The fraction of sp³-hybridized carbons (Fsp3) is 0.769. The molecule has 0 aromatic carbocycles. The summed E-state index contributed by atoms with van der Waals surface area (Å²) in [5.74, 6) is 0.891. The van der Waals surface area contributed by atoms with Crippen LogP contribution in [0.2, 0.25) is 0 Å². The quantitative estimate of drug-likeness (QED) is 0.892. The predicted molar refractivity (Wildman–Crippen MR) is 71.1 cm³/mol. The van der Waals surface area contributed by atoms with Crippen LogP contribution in [-0.2, 0) is 6.54 Å². The van der Waals surface area contributed by atoms with Crippen LogP contribution in [-0.4, -0.2) is 34.6 Å². The average Bonchev–Trinajstić information content (AvgIpc) is 3.05. The Labute approximate surface area is 107 Å². The third-order valence-electron chi connectivity index (χ3n) is 4.29. The van der Waals surface area contributed by atoms with Crippen LogP contribution in [0, 0.1) is 5.92 Å². The number of thiazole rings is 1. The topological polar surface area (TPSA) is 28.2 Å². The number of piperazine rings is 1. The molecule has 1 saturated heterocycles. The smallest absolute Gasteiger partial charge is 0.107 e. The molecule has 1 saturated carbocycles. The SMILES string of the molecule is CC1CN(Cc2nccs2)C(C)(C2CC2)CN1. The summed E-state index contributed by atoms with van der Waals surface area (Å²) in [5, 5.41) is 6.98. The Morgan fingerprint density at radius 2 is 2.41 bits per heavy atom. The van der Waals surface area contributed by atoms with E-state index in [4.69, 9.17) is 0 Å². The largest absolute Gasteiger partial charge is 0.311 e. The summed E-state index contributed by atoms with van der Waals surface area (Å²) in [7, 11) is 0. The van der Waals surface area contributed by atoms with Gasteiger partial charge in [-0.2, -0.15) is 0 Å². The second kappa shape index (κ2) is 4.34. The van der Waals surface area contributed by atoms with Gasteiger partial charge in [0.25, 0.3) is 0 Å². The minimum Gasteiger partial charge on any atom is -0.311 e. The monoisotopic (exact) mass is 251 g/mol. The first-order chi connectivity index (χ1) is 8.18. The van der Waals surface area contributed by atoms with Crippen LogP contribution in [0.3, 0.4) is 0 Å². The van der Waals surface area contributed by atoms with E-state index in [1.54, 1.807) is 11.3 Å². The Bertz CT molecular complexity index is 374. The zero-order chi connectivity index (χ0) is 11.9. The zero-order valence-corrected chi connectivity index (χ0v) is 11.5. The highest BCUT2D eigenvalue weighted by molar-refractivity contribution is 7.09. The summed E-state index contributed by atoms with van der Waals surface area (Å²) in [6.07, 6.45) is 4.72. The maximum absolute atomic E-state index is 4.44. The van der Waals surface area contributed by atoms with Crippen LogP contribution in [0.4, 0.5) is 0 Å². The van der Waals surface area contributed by atoms with Crippen molar-refractivity contribution in [3.8, 4) is 0 Å². The lowest BCUT2D eigenvalue weighted by Gasteiger charge is -2.47. The Morgan fingerprint density at radius 1 is 1.59 bits per heavy atom. The first-order valence-electron chi connectivity index (χ1n) is 6.55. The lowest BCUT2D eigenvalue weighted by Crippen LogP contribution is -2.63. The van der Waals surface area contributed by atoms with Crippen LogP contribution in [0.5, 0.6) is 0 Å². The summed E-state index contributed by atoms with van der Waals surface area (Å²) in [5.41, 5.74) is 0.345. The van der Waals surface area contributed by atoms with Gasteiger partial charge in [0.15, 0.2) is 0 Å². The zero-order valence-electron chi connectivity index (χ0n) is 10.6. The third-order valence-corrected chi connectivity index (χ3v) is 5.06. The molecule has 1 N–H and O–H groups in total. The standard InChI is InChI=1S/C13H21N3S/c1-10-7-16(8-12-14-5-6-17-12)13(2,9-15-10)11-3-4-11/h5-6,10-11,15H,3-4,7-9H2,1-2H3. The minimum absolute atomic E-state index is 0.345. The Balaban J connectivity index is 1.77. The van der Waals surface area contributed by atoms with Crippen molar-refractivity contribution in [2.45, 2.75) is 44.8 Å². The molecule has 2 fully saturated rings. The summed E-state index contributed by atoms with van der Waals surface area (Å²) in [6, 6.07) is 0.599. The second-order valence-corrected chi connectivity index (χ2v) is 6.70. The summed E-state index contributed by atoms with van der Waals surface area (Å²) in [6.45, 7) is 8.01. The Kier molecular flexibility index (Phi) is 2.97. The van der Waals surface area contributed by atoms with E-state index in [-0.39, 0.29) is 0 Å². The predicted octanol–water partition coefficient (Wildman–Crippen LogP) is 2.11. The van der Waals surface area contributed by atoms with Crippen molar-refractivity contribution in [1.29, 1.82) is 0 Å². The molecule has 94 valence electrons. The molecule has 0 radical (unpaired) electrons. The van der Waals surface area contributed by atoms with Gasteiger partial charge in [0.1, 0.15) is 5.01 Å². The van der Waals surface area contributed by atoms with E-state index in [0.29, 0.717) is 11.6 Å². The van der Waals surface area contributed by atoms with Crippen molar-refractivity contribution in [3.05, 3.63) is 16.6 Å². The molecule has 4 heteroatoms. The van der Waals surface area contributed by atoms with E-state index in [0.717, 1.165) is 25.6 Å².